The molecule has 45 heavy (non-hydrogen) atoms. The summed E-state index contributed by atoms with van der Waals surface area (Å²) in [5.41, 5.74) is 19.8. The van der Waals surface area contributed by atoms with Gasteiger partial charge in [-0.25, -0.2) is 0 Å². The van der Waals surface area contributed by atoms with Crippen molar-refractivity contribution in [2.75, 3.05) is 14.1 Å². The van der Waals surface area contributed by atoms with Crippen molar-refractivity contribution in [1.82, 2.24) is 0 Å². The lowest BCUT2D eigenvalue weighted by atomic mass is 9.47. The predicted molar refractivity (Wildman–Crippen MR) is 209 cm³/mol. The second-order valence-electron chi connectivity index (χ2n) is 12.8. The number of hydrogen-bond donors (Lipinski definition) is 0. The first-order valence-corrected chi connectivity index (χ1v) is 16.8. The molecular weight excluding hydrogens is 538 g/mol. The Labute approximate surface area is 274 Å². The zero-order valence-corrected chi connectivity index (χ0v) is 28.1. The topological polar surface area (TPSA) is 6.02 Å². The third kappa shape index (κ3) is 6.28. The van der Waals surface area contributed by atoms with Gasteiger partial charge >= 0.3 is 0 Å². The lowest BCUT2D eigenvalue weighted by Crippen LogP contribution is -2.37. The van der Waals surface area contributed by atoms with Crippen molar-refractivity contribution in [1.29, 1.82) is 0 Å². The predicted octanol–water partition coefficient (Wildman–Crippen LogP) is 1.62. The number of allylic oxidation sites excluding steroid dienone is 2. The Balaban J connectivity index is 1.12. The quantitative estimate of drug-likeness (QED) is 0.198. The Morgan fingerprint density at radius 3 is 1.73 bits per heavy atom. The average Bonchev–Trinajstić information content (AvgIpc) is 3.56. The summed E-state index contributed by atoms with van der Waals surface area (Å²) in [4.78, 5) is 0. The molecule has 2 nitrogen and oxygen atoms in total. The Kier molecular flexibility index (Phi) is 9.35. The van der Waals surface area contributed by atoms with Crippen molar-refractivity contribution in [3.05, 3.63) is 124 Å². The number of fused-ring (bicyclic) bond motifs is 2. The van der Waals surface area contributed by atoms with Crippen molar-refractivity contribution < 1.29 is 9.15 Å². The van der Waals surface area contributed by atoms with Crippen LogP contribution in [0.25, 0.3) is 12.2 Å². The highest BCUT2D eigenvalue weighted by Gasteiger charge is 2.25. The third-order valence-corrected chi connectivity index (χ3v) is 10.3. The summed E-state index contributed by atoms with van der Waals surface area (Å²) >= 11 is 0. The standard InChI is InChI=1S/C38H43B5N2/c1-25-26(15-17-29(37(25)42-40)20-22-33-24-31-10-5-7-14-35(31)45(33)3)11-8-12-28-18-16-27(36(39)38(28)43-41)19-21-32-23-30-9-4-6-13-34(30)44(32)2/h4-7,9-10,13-22,42-43H,8,11-12,23-24,39-41H2,1-3H3/q+2/b21-19+,22-20+. The Morgan fingerprint density at radius 2 is 1.16 bits per heavy atom. The van der Waals surface area contributed by atoms with E-state index in [-0.39, 0.29) is 0 Å². The molecule has 0 unspecified atom stereocenters. The van der Waals surface area contributed by atoms with Gasteiger partial charge in [-0.05, 0) is 55.0 Å². The molecule has 0 N–H and O–H groups in total. The van der Waals surface area contributed by atoms with Crippen LogP contribution in [0.1, 0.15) is 45.4 Å². The first-order chi connectivity index (χ1) is 21.9. The van der Waals surface area contributed by atoms with Gasteiger partial charge in [0.2, 0.25) is 11.4 Å². The molecule has 0 aliphatic carbocycles. The highest BCUT2D eigenvalue weighted by Crippen LogP contribution is 2.26. The minimum atomic E-state index is 1.00. The SMILES string of the molecule is BBc1c(CCCc2ccc(/C=C/C3=[N+](C)c4ccccc4C3)c(BB)c2C)ccc(/C=C/C2=[N+](C)c3ccccc3C2)c1B. The molecule has 0 amide bonds. The third-order valence-electron chi connectivity index (χ3n) is 10.3. The highest BCUT2D eigenvalue weighted by molar-refractivity contribution is 6.99. The van der Waals surface area contributed by atoms with Crippen molar-refractivity contribution in [2.45, 2.75) is 39.0 Å². The summed E-state index contributed by atoms with van der Waals surface area (Å²) < 4.78 is 4.66. The van der Waals surface area contributed by atoms with Crippen LogP contribution in [0.2, 0.25) is 0 Å². The van der Waals surface area contributed by atoms with Crippen LogP contribution in [0.3, 0.4) is 0 Å². The van der Waals surface area contributed by atoms with Crippen LogP contribution in [0.15, 0.2) is 84.9 Å². The second kappa shape index (κ2) is 13.6. The molecule has 2 aliphatic rings. The van der Waals surface area contributed by atoms with Gasteiger partial charge in [0.15, 0.2) is 11.4 Å². The number of rotatable bonds is 10. The summed E-state index contributed by atoms with van der Waals surface area (Å²) in [5, 5.41) is 0. The van der Waals surface area contributed by atoms with Gasteiger partial charge in [0.25, 0.3) is 0 Å². The summed E-state index contributed by atoms with van der Waals surface area (Å²) in [6.07, 6.45) is 14.7. The van der Waals surface area contributed by atoms with Crippen molar-refractivity contribution in [3.63, 3.8) is 0 Å². The monoisotopic (exact) mass is 582 g/mol. The Bertz CT molecular complexity index is 1900. The Morgan fingerprint density at radius 1 is 0.644 bits per heavy atom. The van der Waals surface area contributed by atoms with Gasteiger partial charge < -0.3 is 0 Å². The summed E-state index contributed by atoms with van der Waals surface area (Å²) in [6.45, 7) is 2.33. The van der Waals surface area contributed by atoms with Gasteiger partial charge in [-0.2, -0.15) is 9.15 Å². The van der Waals surface area contributed by atoms with Gasteiger partial charge in [-0.3, -0.25) is 0 Å². The van der Waals surface area contributed by atoms with Crippen molar-refractivity contribution in [2.24, 2.45) is 0 Å². The molecular formula is C38H43B5N2+2. The number of aryl methyl sites for hydroxylation is 2. The fraction of sp³-hybridized carbons (Fsp3) is 0.211. The van der Waals surface area contributed by atoms with E-state index in [0.29, 0.717) is 0 Å². The van der Waals surface area contributed by atoms with Crippen LogP contribution in [-0.4, -0.2) is 72.3 Å². The molecule has 2 heterocycles. The maximum Gasteiger partial charge on any atom is 0.208 e. The molecule has 4 aromatic carbocycles. The van der Waals surface area contributed by atoms with Crippen molar-refractivity contribution in [3.8, 4) is 0 Å². The second-order valence-corrected chi connectivity index (χ2v) is 12.8. The molecule has 7 heteroatoms. The summed E-state index contributed by atoms with van der Waals surface area (Å²) in [6, 6.07) is 26.9. The van der Waals surface area contributed by atoms with Crippen LogP contribution in [0.4, 0.5) is 11.4 Å². The molecule has 0 spiro atoms. The van der Waals surface area contributed by atoms with Crippen LogP contribution in [-0.2, 0) is 25.7 Å². The first-order valence-electron chi connectivity index (χ1n) is 16.8. The normalized spacial score (nSPS) is 14.1. The zero-order chi connectivity index (χ0) is 31.5. The van der Waals surface area contributed by atoms with Gasteiger partial charge in [0.1, 0.15) is 36.3 Å². The number of benzene rings is 4. The van der Waals surface area contributed by atoms with E-state index in [1.54, 1.807) is 0 Å². The number of hydrogen-bond acceptors (Lipinski definition) is 0. The molecule has 6 rings (SSSR count). The molecule has 0 fully saturated rings. The molecule has 0 radical (unpaired) electrons. The van der Waals surface area contributed by atoms with Crippen molar-refractivity contribution >= 4 is 89.0 Å². The van der Waals surface area contributed by atoms with Gasteiger partial charge in [-0.1, -0.05) is 88.2 Å². The molecule has 0 atom stereocenters. The number of nitrogens with zero attached hydrogens (tertiary/aromatic N) is 2. The van der Waals surface area contributed by atoms with E-state index in [1.165, 1.54) is 84.6 Å². The molecule has 0 aromatic heterocycles. The molecule has 4 aromatic rings. The highest BCUT2D eigenvalue weighted by atomic mass is 15.0. The zero-order valence-electron chi connectivity index (χ0n) is 28.1. The van der Waals surface area contributed by atoms with Gasteiger partial charge in [0, 0.05) is 35.4 Å². The Hall–Kier alpha value is -3.98. The van der Waals surface area contributed by atoms with Crippen LogP contribution in [0, 0.1) is 6.92 Å². The van der Waals surface area contributed by atoms with E-state index in [1.807, 2.05) is 0 Å². The minimum absolute atomic E-state index is 1.00. The van der Waals surface area contributed by atoms with Gasteiger partial charge in [-0.15, -0.1) is 0 Å². The van der Waals surface area contributed by atoms with E-state index in [4.69, 9.17) is 0 Å². The fourth-order valence-corrected chi connectivity index (χ4v) is 7.56. The van der Waals surface area contributed by atoms with Crippen LogP contribution in [0.5, 0.6) is 0 Å². The van der Waals surface area contributed by atoms with Crippen LogP contribution >= 0.6 is 0 Å². The van der Waals surface area contributed by atoms with Gasteiger partial charge in [0.05, 0.1) is 28.3 Å². The first kappa shape index (κ1) is 31.0. The maximum atomic E-state index is 2.39. The molecule has 0 saturated heterocycles. The lowest BCUT2D eigenvalue weighted by Gasteiger charge is -2.16. The molecule has 0 saturated carbocycles. The molecule has 2 aliphatic heterocycles. The van der Waals surface area contributed by atoms with E-state index >= 15 is 0 Å². The van der Waals surface area contributed by atoms with E-state index in [0.717, 1.165) is 40.0 Å². The van der Waals surface area contributed by atoms with Crippen LogP contribution < -0.4 is 16.4 Å². The smallest absolute Gasteiger partial charge is 0.198 e. The molecule has 218 valence electrons. The minimum Gasteiger partial charge on any atom is -0.198 e. The maximum absolute atomic E-state index is 2.39. The average molecular weight is 582 g/mol. The summed E-state index contributed by atoms with van der Waals surface area (Å²) in [5.74, 6) is 0. The van der Waals surface area contributed by atoms with E-state index in [9.17, 15) is 0 Å². The van der Waals surface area contributed by atoms with E-state index in [2.05, 4.69) is 151 Å². The fourth-order valence-electron chi connectivity index (χ4n) is 7.56. The summed E-state index contributed by atoms with van der Waals surface area (Å²) in [7, 11) is 13.4. The number of para-hydroxylation sites is 2. The molecule has 0 bridgehead atoms. The lowest BCUT2D eigenvalue weighted by molar-refractivity contribution is -0.400. The van der Waals surface area contributed by atoms with E-state index < -0.39 is 0 Å². The largest absolute Gasteiger partial charge is 0.208 e.